The van der Waals surface area contributed by atoms with Crippen molar-refractivity contribution in [3.8, 4) is 22.9 Å². The maximum absolute atomic E-state index is 12.7. The summed E-state index contributed by atoms with van der Waals surface area (Å²) in [6, 6.07) is 13.6. The first-order valence-corrected chi connectivity index (χ1v) is 9.09. The third-order valence-electron chi connectivity index (χ3n) is 4.49. The van der Waals surface area contributed by atoms with Crippen molar-refractivity contribution in [1.82, 2.24) is 15.0 Å². The predicted molar refractivity (Wildman–Crippen MR) is 105 cm³/mol. The fraction of sp³-hybridized carbons (Fsp3) is 0.136. The fourth-order valence-electron chi connectivity index (χ4n) is 2.98. The predicted octanol–water partition coefficient (Wildman–Crippen LogP) is 5.04. The van der Waals surface area contributed by atoms with Crippen molar-refractivity contribution in [3.63, 3.8) is 0 Å². The second-order valence-electron chi connectivity index (χ2n) is 6.59. The van der Waals surface area contributed by atoms with Crippen LogP contribution in [0.15, 0.2) is 67.1 Å². The van der Waals surface area contributed by atoms with E-state index in [0.29, 0.717) is 23.4 Å². The van der Waals surface area contributed by atoms with Gasteiger partial charge in [-0.1, -0.05) is 12.1 Å². The molecule has 2 aromatic heterocycles. The first kappa shape index (κ1) is 19.8. The minimum absolute atomic E-state index is 0.0589. The van der Waals surface area contributed by atoms with E-state index >= 15 is 0 Å². The number of fused-ring (bicyclic) bond motifs is 1. The summed E-state index contributed by atoms with van der Waals surface area (Å²) < 4.78 is 44.0. The molecular formula is C22H16F3N3O2. The van der Waals surface area contributed by atoms with Crippen LogP contribution >= 0.6 is 0 Å². The van der Waals surface area contributed by atoms with E-state index in [1.54, 1.807) is 24.4 Å². The van der Waals surface area contributed by atoms with E-state index in [9.17, 15) is 13.2 Å². The number of ether oxygens (including phenoxy) is 1. The molecule has 0 aliphatic heterocycles. The van der Waals surface area contributed by atoms with Crippen LogP contribution < -0.4 is 4.74 Å². The van der Waals surface area contributed by atoms with Crippen LogP contribution in [0, 0.1) is 0 Å². The van der Waals surface area contributed by atoms with Gasteiger partial charge < -0.3 is 9.84 Å². The molecule has 0 bridgehead atoms. The Morgan fingerprint density at radius 2 is 1.70 bits per heavy atom. The Kier molecular flexibility index (Phi) is 5.33. The molecule has 152 valence electrons. The van der Waals surface area contributed by atoms with Gasteiger partial charge in [0.25, 0.3) is 0 Å². The number of aliphatic hydroxyl groups excluding tert-OH is 1. The van der Waals surface area contributed by atoms with Crippen molar-refractivity contribution >= 4 is 10.9 Å². The number of nitrogens with zero attached hydrogens (tertiary/aromatic N) is 3. The molecule has 2 heterocycles. The molecule has 30 heavy (non-hydrogen) atoms. The van der Waals surface area contributed by atoms with Crippen LogP contribution in [-0.4, -0.2) is 26.7 Å². The summed E-state index contributed by atoms with van der Waals surface area (Å²) in [6.07, 6.45) is -0.852. The summed E-state index contributed by atoms with van der Waals surface area (Å²) in [5, 5.41) is 9.96. The lowest BCUT2D eigenvalue weighted by atomic mass is 10.1. The molecule has 4 rings (SSSR count). The first-order valence-electron chi connectivity index (χ1n) is 9.09. The highest BCUT2D eigenvalue weighted by molar-refractivity contribution is 5.80. The van der Waals surface area contributed by atoms with Crippen molar-refractivity contribution in [2.45, 2.75) is 12.6 Å². The van der Waals surface area contributed by atoms with Gasteiger partial charge in [0.2, 0.25) is 5.88 Å². The Morgan fingerprint density at radius 3 is 2.43 bits per heavy atom. The number of halogens is 3. The molecule has 0 saturated carbocycles. The Balaban J connectivity index is 1.56. The van der Waals surface area contributed by atoms with Gasteiger partial charge >= 0.3 is 6.18 Å². The number of hydrogen-bond acceptors (Lipinski definition) is 5. The van der Waals surface area contributed by atoms with Gasteiger partial charge in [-0.2, -0.15) is 13.2 Å². The zero-order valence-electron chi connectivity index (χ0n) is 15.6. The average molecular weight is 411 g/mol. The lowest BCUT2D eigenvalue weighted by Crippen LogP contribution is -2.04. The third-order valence-corrected chi connectivity index (χ3v) is 4.49. The molecule has 0 radical (unpaired) electrons. The first-order chi connectivity index (χ1) is 14.4. The smallest absolute Gasteiger partial charge is 0.416 e. The molecule has 8 heteroatoms. The summed E-state index contributed by atoms with van der Waals surface area (Å²) in [6.45, 7) is 0.0589. The van der Waals surface area contributed by atoms with Gasteiger partial charge in [0.15, 0.2) is 0 Å². The molecule has 4 aromatic rings. The van der Waals surface area contributed by atoms with Crippen molar-refractivity contribution < 1.29 is 23.0 Å². The van der Waals surface area contributed by atoms with Crippen LogP contribution in [-0.2, 0) is 12.6 Å². The van der Waals surface area contributed by atoms with Crippen molar-refractivity contribution in [2.24, 2.45) is 0 Å². The Hall–Kier alpha value is -3.52. The van der Waals surface area contributed by atoms with E-state index in [1.807, 2.05) is 12.1 Å². The van der Waals surface area contributed by atoms with Gasteiger partial charge in [-0.25, -0.2) is 9.97 Å². The molecule has 0 amide bonds. The van der Waals surface area contributed by atoms with E-state index in [0.717, 1.165) is 28.6 Å². The fourth-order valence-corrected chi connectivity index (χ4v) is 2.98. The van der Waals surface area contributed by atoms with Crippen molar-refractivity contribution in [1.29, 1.82) is 0 Å². The van der Waals surface area contributed by atoms with Gasteiger partial charge in [0.1, 0.15) is 12.1 Å². The largest absolute Gasteiger partial charge is 0.439 e. The van der Waals surface area contributed by atoms with Gasteiger partial charge in [0.05, 0.1) is 16.8 Å². The lowest BCUT2D eigenvalue weighted by molar-refractivity contribution is -0.137. The Morgan fingerprint density at radius 1 is 0.900 bits per heavy atom. The van der Waals surface area contributed by atoms with Crippen LogP contribution in [0.2, 0.25) is 0 Å². The zero-order chi connectivity index (χ0) is 21.1. The summed E-state index contributed by atoms with van der Waals surface area (Å²) in [7, 11) is 0. The SMILES string of the molecule is OCCc1cnc2cc(Oc3cc(-c4ccc(C(F)(F)F)cc4)ncn3)ccc2c1. The molecule has 0 aliphatic carbocycles. The summed E-state index contributed by atoms with van der Waals surface area (Å²) in [4.78, 5) is 12.6. The average Bonchev–Trinajstić information content (AvgIpc) is 2.74. The van der Waals surface area contributed by atoms with E-state index < -0.39 is 11.7 Å². The van der Waals surface area contributed by atoms with Crippen molar-refractivity contribution in [3.05, 3.63) is 78.2 Å². The second kappa shape index (κ2) is 8.08. The van der Waals surface area contributed by atoms with Gasteiger partial charge in [-0.15, -0.1) is 0 Å². The standard InChI is InChI=1S/C22H16F3N3O2/c23-22(24,25)17-4-1-15(2-5-17)20-11-21(28-13-27-20)30-18-6-3-16-9-14(7-8-29)12-26-19(16)10-18/h1-6,9-13,29H,7-8H2. The van der Waals surface area contributed by atoms with Crippen LogP contribution in [0.5, 0.6) is 11.6 Å². The van der Waals surface area contributed by atoms with Crippen molar-refractivity contribution in [2.75, 3.05) is 6.61 Å². The quantitative estimate of drug-likeness (QED) is 0.498. The second-order valence-corrected chi connectivity index (χ2v) is 6.59. The van der Waals surface area contributed by atoms with Gasteiger partial charge in [-0.3, -0.25) is 4.98 Å². The number of pyridine rings is 1. The number of rotatable bonds is 5. The molecule has 0 saturated heterocycles. The Labute approximate surface area is 169 Å². The van der Waals surface area contributed by atoms with E-state index in [-0.39, 0.29) is 12.5 Å². The molecule has 0 fully saturated rings. The Bertz CT molecular complexity index is 1180. The molecule has 0 atom stereocenters. The monoisotopic (exact) mass is 411 g/mol. The normalized spacial score (nSPS) is 11.6. The molecule has 0 aliphatic rings. The molecule has 2 aromatic carbocycles. The van der Waals surface area contributed by atoms with E-state index in [2.05, 4.69) is 15.0 Å². The summed E-state index contributed by atoms with van der Waals surface area (Å²) >= 11 is 0. The molecule has 0 spiro atoms. The number of aromatic nitrogens is 3. The van der Waals surface area contributed by atoms with Crippen LogP contribution in [0.25, 0.3) is 22.2 Å². The zero-order valence-corrected chi connectivity index (χ0v) is 15.6. The minimum atomic E-state index is -4.39. The molecular weight excluding hydrogens is 395 g/mol. The van der Waals surface area contributed by atoms with Crippen LogP contribution in [0.1, 0.15) is 11.1 Å². The minimum Gasteiger partial charge on any atom is -0.439 e. The maximum Gasteiger partial charge on any atom is 0.416 e. The van der Waals surface area contributed by atoms with Crippen LogP contribution in [0.4, 0.5) is 13.2 Å². The highest BCUT2D eigenvalue weighted by Gasteiger charge is 2.30. The summed E-state index contributed by atoms with van der Waals surface area (Å²) in [5.41, 5.74) is 1.91. The third kappa shape index (κ3) is 4.38. The maximum atomic E-state index is 12.7. The highest BCUT2D eigenvalue weighted by Crippen LogP contribution is 2.31. The molecule has 5 nitrogen and oxygen atoms in total. The molecule has 0 unspecified atom stereocenters. The number of hydrogen-bond donors (Lipinski definition) is 1. The van der Waals surface area contributed by atoms with Crippen LogP contribution in [0.3, 0.4) is 0 Å². The number of aliphatic hydroxyl groups is 1. The van der Waals surface area contributed by atoms with Gasteiger partial charge in [0, 0.05) is 35.9 Å². The lowest BCUT2D eigenvalue weighted by Gasteiger charge is -2.09. The molecule has 1 N–H and O–H groups in total. The number of alkyl halides is 3. The number of benzene rings is 2. The summed E-state index contributed by atoms with van der Waals surface area (Å²) in [5.74, 6) is 0.776. The highest BCUT2D eigenvalue weighted by atomic mass is 19.4. The van der Waals surface area contributed by atoms with E-state index in [4.69, 9.17) is 9.84 Å². The van der Waals surface area contributed by atoms with E-state index in [1.165, 1.54) is 18.5 Å². The topological polar surface area (TPSA) is 68.1 Å². The van der Waals surface area contributed by atoms with Gasteiger partial charge in [-0.05, 0) is 42.3 Å².